The van der Waals surface area contributed by atoms with Crippen LogP contribution in [-0.2, 0) is 11.0 Å². The second kappa shape index (κ2) is 9.86. The van der Waals surface area contributed by atoms with E-state index in [0.29, 0.717) is 29.0 Å². The lowest BCUT2D eigenvalue weighted by molar-refractivity contribution is -0.137. The predicted octanol–water partition coefficient (Wildman–Crippen LogP) is 4.16. The first-order chi connectivity index (χ1) is 15.7. The number of hydrogen-bond donors (Lipinski definition) is 1. The molecule has 0 unspecified atom stereocenters. The number of rotatable bonds is 7. The number of aromatic nitrogens is 3. The molecule has 3 rings (SSSR count). The first-order valence-electron chi connectivity index (χ1n) is 9.48. The summed E-state index contributed by atoms with van der Waals surface area (Å²) in [7, 11) is 1.45. The van der Waals surface area contributed by atoms with Crippen LogP contribution >= 0.6 is 0 Å². The van der Waals surface area contributed by atoms with Gasteiger partial charge in [-0.15, -0.1) is 0 Å². The molecule has 0 aliphatic rings. The van der Waals surface area contributed by atoms with E-state index in [2.05, 4.69) is 15.4 Å². The molecule has 0 fully saturated rings. The summed E-state index contributed by atoms with van der Waals surface area (Å²) in [6, 6.07) is 10.4. The van der Waals surface area contributed by atoms with Crippen molar-refractivity contribution in [1.29, 1.82) is 5.26 Å². The molecule has 0 radical (unpaired) electrons. The number of amides is 1. The SMILES string of the molecule is COc1cc(C=CC(=O)Nc2cc(C)nn2-c2ccc(C(F)(F)F)cn2)ccc1OCC#N. The molecule has 1 aromatic carbocycles. The standard InChI is InChI=1S/C22H18F3N5O3/c1-14-11-20(30(29-14)19-7-5-16(13-27-19)22(23,24)25)28-21(31)8-4-15-3-6-17(33-10-9-26)18(12-15)32-2/h3-8,11-13H,10H2,1-2H3,(H,28,31). The van der Waals surface area contributed by atoms with Gasteiger partial charge in [0.1, 0.15) is 11.9 Å². The molecule has 0 aliphatic carbocycles. The molecule has 170 valence electrons. The molecule has 2 heterocycles. The van der Waals surface area contributed by atoms with Gasteiger partial charge in [0.15, 0.2) is 23.9 Å². The summed E-state index contributed by atoms with van der Waals surface area (Å²) in [6.07, 6.45) is -0.987. The monoisotopic (exact) mass is 457 g/mol. The molecule has 0 atom stereocenters. The lowest BCUT2D eigenvalue weighted by Crippen LogP contribution is -2.13. The number of ether oxygens (including phenoxy) is 2. The third-order valence-corrected chi connectivity index (χ3v) is 4.28. The van der Waals surface area contributed by atoms with Crippen LogP contribution in [0.15, 0.2) is 48.7 Å². The number of methoxy groups -OCH3 is 1. The van der Waals surface area contributed by atoms with Crippen LogP contribution in [0.1, 0.15) is 16.8 Å². The number of alkyl halides is 3. The van der Waals surface area contributed by atoms with E-state index in [1.54, 1.807) is 31.2 Å². The summed E-state index contributed by atoms with van der Waals surface area (Å²) in [4.78, 5) is 16.2. The molecule has 1 N–H and O–H groups in total. The Balaban J connectivity index is 1.75. The number of halogens is 3. The smallest absolute Gasteiger partial charge is 0.417 e. The first kappa shape index (κ1) is 23.3. The number of aryl methyl sites for hydroxylation is 1. The first-order valence-corrected chi connectivity index (χ1v) is 9.48. The number of carbonyl (C=O) groups is 1. The molecule has 1 amide bonds. The van der Waals surface area contributed by atoms with Crippen molar-refractivity contribution in [2.24, 2.45) is 0 Å². The molecule has 8 nitrogen and oxygen atoms in total. The quantitative estimate of drug-likeness (QED) is 0.535. The Morgan fingerprint density at radius 3 is 2.67 bits per heavy atom. The van der Waals surface area contributed by atoms with Gasteiger partial charge in [0, 0.05) is 18.3 Å². The zero-order valence-electron chi connectivity index (χ0n) is 17.6. The van der Waals surface area contributed by atoms with Gasteiger partial charge in [-0.1, -0.05) is 6.07 Å². The van der Waals surface area contributed by atoms with E-state index in [1.165, 1.54) is 30.0 Å². The summed E-state index contributed by atoms with van der Waals surface area (Å²) in [6.45, 7) is 1.54. The molecule has 0 aliphatic heterocycles. The highest BCUT2D eigenvalue weighted by Crippen LogP contribution is 2.30. The maximum atomic E-state index is 12.8. The lowest BCUT2D eigenvalue weighted by Gasteiger charge is -2.09. The van der Waals surface area contributed by atoms with Gasteiger partial charge in [-0.25, -0.2) is 4.98 Å². The van der Waals surface area contributed by atoms with E-state index in [4.69, 9.17) is 14.7 Å². The molecule has 0 spiro atoms. The summed E-state index contributed by atoms with van der Waals surface area (Å²) in [5.41, 5.74) is 0.289. The number of benzene rings is 1. The minimum Gasteiger partial charge on any atom is -0.493 e. The Morgan fingerprint density at radius 1 is 1.24 bits per heavy atom. The van der Waals surface area contributed by atoms with E-state index in [-0.39, 0.29) is 18.2 Å². The van der Waals surface area contributed by atoms with Crippen LogP contribution < -0.4 is 14.8 Å². The maximum Gasteiger partial charge on any atom is 0.417 e. The van der Waals surface area contributed by atoms with Crippen molar-refractivity contribution in [2.45, 2.75) is 13.1 Å². The van der Waals surface area contributed by atoms with Gasteiger partial charge in [-0.2, -0.15) is 28.2 Å². The van der Waals surface area contributed by atoms with Crippen LogP contribution in [0.3, 0.4) is 0 Å². The second-order valence-corrected chi connectivity index (χ2v) is 6.67. The van der Waals surface area contributed by atoms with Crippen molar-refractivity contribution >= 4 is 17.8 Å². The van der Waals surface area contributed by atoms with Crippen molar-refractivity contribution in [3.63, 3.8) is 0 Å². The third kappa shape index (κ3) is 5.88. The maximum absolute atomic E-state index is 12.8. The Bertz CT molecular complexity index is 1210. The Labute approximate surface area is 186 Å². The summed E-state index contributed by atoms with van der Waals surface area (Å²) in [5, 5.41) is 15.4. The van der Waals surface area contributed by atoms with E-state index in [9.17, 15) is 18.0 Å². The largest absolute Gasteiger partial charge is 0.493 e. The zero-order valence-corrected chi connectivity index (χ0v) is 17.6. The molecule has 33 heavy (non-hydrogen) atoms. The van der Waals surface area contributed by atoms with E-state index in [1.807, 2.05) is 6.07 Å². The van der Waals surface area contributed by atoms with Crippen molar-refractivity contribution in [1.82, 2.24) is 14.8 Å². The van der Waals surface area contributed by atoms with Crippen LogP contribution in [0.4, 0.5) is 19.0 Å². The topological polar surface area (TPSA) is 102 Å². The Morgan fingerprint density at radius 2 is 2.03 bits per heavy atom. The zero-order chi connectivity index (χ0) is 24.0. The van der Waals surface area contributed by atoms with Crippen molar-refractivity contribution in [3.05, 3.63) is 65.5 Å². The van der Waals surface area contributed by atoms with Gasteiger partial charge in [-0.3, -0.25) is 4.79 Å². The Hall–Kier alpha value is -4.33. The third-order valence-electron chi connectivity index (χ3n) is 4.28. The highest BCUT2D eigenvalue weighted by atomic mass is 19.4. The lowest BCUT2D eigenvalue weighted by atomic mass is 10.2. The molecule has 2 aromatic heterocycles. The number of hydrogen-bond acceptors (Lipinski definition) is 6. The fourth-order valence-electron chi connectivity index (χ4n) is 2.80. The number of anilines is 1. The van der Waals surface area contributed by atoms with Crippen LogP contribution in [0.5, 0.6) is 11.5 Å². The number of nitriles is 1. The summed E-state index contributed by atoms with van der Waals surface area (Å²) < 4.78 is 50.0. The van der Waals surface area contributed by atoms with Gasteiger partial charge in [-0.05, 0) is 42.8 Å². The van der Waals surface area contributed by atoms with Gasteiger partial charge in [0.25, 0.3) is 0 Å². The summed E-state index contributed by atoms with van der Waals surface area (Å²) >= 11 is 0. The van der Waals surface area contributed by atoms with Crippen LogP contribution in [0.2, 0.25) is 0 Å². The van der Waals surface area contributed by atoms with Crippen LogP contribution in [0, 0.1) is 18.3 Å². The predicted molar refractivity (Wildman–Crippen MR) is 113 cm³/mol. The molecule has 0 bridgehead atoms. The number of nitrogens with one attached hydrogen (secondary N) is 1. The second-order valence-electron chi connectivity index (χ2n) is 6.67. The average Bonchev–Trinajstić information content (AvgIpc) is 3.15. The van der Waals surface area contributed by atoms with E-state index in [0.717, 1.165) is 6.07 Å². The van der Waals surface area contributed by atoms with Crippen molar-refractivity contribution in [3.8, 4) is 23.4 Å². The molecule has 0 saturated heterocycles. The van der Waals surface area contributed by atoms with Gasteiger partial charge >= 0.3 is 6.18 Å². The fraction of sp³-hybridized carbons (Fsp3) is 0.182. The molecule has 3 aromatic rings. The van der Waals surface area contributed by atoms with Gasteiger partial charge in [0.2, 0.25) is 5.91 Å². The number of pyridine rings is 1. The van der Waals surface area contributed by atoms with Crippen molar-refractivity contribution in [2.75, 3.05) is 19.0 Å². The average molecular weight is 457 g/mol. The Kier molecular flexibility index (Phi) is 6.97. The van der Waals surface area contributed by atoms with Crippen LogP contribution in [-0.4, -0.2) is 34.4 Å². The van der Waals surface area contributed by atoms with Gasteiger partial charge in [0.05, 0.1) is 18.4 Å². The number of nitrogens with zero attached hydrogens (tertiary/aromatic N) is 4. The number of carbonyl (C=O) groups excluding carboxylic acids is 1. The van der Waals surface area contributed by atoms with Gasteiger partial charge < -0.3 is 14.8 Å². The minimum absolute atomic E-state index is 0.119. The van der Waals surface area contributed by atoms with E-state index >= 15 is 0 Å². The molecule has 11 heteroatoms. The highest BCUT2D eigenvalue weighted by molar-refractivity contribution is 6.01. The minimum atomic E-state index is -4.50. The molecule has 0 saturated carbocycles. The van der Waals surface area contributed by atoms with E-state index < -0.39 is 17.6 Å². The highest BCUT2D eigenvalue weighted by Gasteiger charge is 2.30. The molecular formula is C22H18F3N5O3. The fourth-order valence-corrected chi connectivity index (χ4v) is 2.80. The molecular weight excluding hydrogens is 439 g/mol. The summed E-state index contributed by atoms with van der Waals surface area (Å²) in [5.74, 6) is 0.658. The normalized spacial score (nSPS) is 11.3. The van der Waals surface area contributed by atoms with Crippen LogP contribution in [0.25, 0.3) is 11.9 Å². The van der Waals surface area contributed by atoms with Crippen molar-refractivity contribution < 1.29 is 27.4 Å².